The number of hydrogen-bond donors (Lipinski definition) is 0. The van der Waals surface area contributed by atoms with Gasteiger partial charge >= 0.3 is 6.09 Å². The fourth-order valence-electron chi connectivity index (χ4n) is 5.32. The first kappa shape index (κ1) is 23.5. The number of rotatable bonds is 7. The Morgan fingerprint density at radius 3 is 2.10 bits per heavy atom. The fraction of sp³-hybridized carbons (Fsp3) is 0.520. The monoisotopic (exact) mass is 441 g/mol. The Hall–Kier alpha value is -2.18. The number of imide groups is 1. The van der Waals surface area contributed by atoms with Crippen LogP contribution in [0.3, 0.4) is 0 Å². The molecule has 1 saturated heterocycles. The number of fused-ring (bicyclic) bond motifs is 1. The highest BCUT2D eigenvalue weighted by molar-refractivity contribution is 6.77. The third kappa shape index (κ3) is 4.03. The van der Waals surface area contributed by atoms with E-state index in [2.05, 4.69) is 53.7 Å². The topological polar surface area (TPSA) is 55.8 Å². The average Bonchev–Trinajstić information content (AvgIpc) is 2.71. The van der Waals surface area contributed by atoms with E-state index in [-0.39, 0.29) is 12.5 Å². The van der Waals surface area contributed by atoms with E-state index in [0.717, 1.165) is 16.3 Å². The van der Waals surface area contributed by atoms with E-state index in [1.807, 2.05) is 30.3 Å². The van der Waals surface area contributed by atoms with E-state index in [1.54, 1.807) is 6.92 Å². The number of nitrogens with zero attached hydrogens (tertiary/aromatic N) is 1. The first-order valence-electron chi connectivity index (χ1n) is 11.3. The lowest BCUT2D eigenvalue weighted by Gasteiger charge is -2.51. The van der Waals surface area contributed by atoms with Gasteiger partial charge in [0.05, 0.1) is 6.61 Å². The van der Waals surface area contributed by atoms with Gasteiger partial charge in [0, 0.05) is 0 Å². The molecule has 5 nitrogen and oxygen atoms in total. The van der Waals surface area contributed by atoms with E-state index < -0.39 is 26.6 Å². The maximum Gasteiger partial charge on any atom is 0.417 e. The van der Waals surface area contributed by atoms with Gasteiger partial charge in [-0.25, -0.2) is 9.69 Å². The normalized spacial score (nSPS) is 19.4. The van der Waals surface area contributed by atoms with E-state index in [4.69, 9.17) is 9.16 Å². The zero-order valence-corrected chi connectivity index (χ0v) is 20.7. The molecule has 1 fully saturated rings. The first-order valence-corrected chi connectivity index (χ1v) is 13.4. The zero-order chi connectivity index (χ0) is 22.9. The maximum atomic E-state index is 13.2. The quantitative estimate of drug-likeness (QED) is 0.366. The molecule has 1 aliphatic heterocycles. The Balaban J connectivity index is 2.05. The van der Waals surface area contributed by atoms with Crippen LogP contribution in [0.4, 0.5) is 4.79 Å². The summed E-state index contributed by atoms with van der Waals surface area (Å²) in [5.74, 6) is -0.296. The van der Waals surface area contributed by atoms with Gasteiger partial charge in [-0.2, -0.15) is 0 Å². The predicted molar refractivity (Wildman–Crippen MR) is 126 cm³/mol. The van der Waals surface area contributed by atoms with Crippen LogP contribution in [0.2, 0.25) is 16.6 Å². The van der Waals surface area contributed by atoms with Crippen LogP contribution in [0.15, 0.2) is 42.5 Å². The molecule has 0 aromatic heterocycles. The summed E-state index contributed by atoms with van der Waals surface area (Å²) in [6, 6.07) is 13.7. The summed E-state index contributed by atoms with van der Waals surface area (Å²) < 4.78 is 12.0. The van der Waals surface area contributed by atoms with Gasteiger partial charge in [0.15, 0.2) is 6.10 Å². The van der Waals surface area contributed by atoms with Crippen molar-refractivity contribution >= 4 is 31.1 Å². The molecular formula is C25H35NO4Si. The van der Waals surface area contributed by atoms with Gasteiger partial charge in [-0.1, -0.05) is 77.9 Å². The van der Waals surface area contributed by atoms with E-state index >= 15 is 0 Å². The molecule has 168 valence electrons. The number of hydrogen-bond acceptors (Lipinski definition) is 4. The lowest BCUT2D eigenvalue weighted by molar-refractivity contribution is -0.161. The molecule has 3 rings (SSSR count). The Kier molecular flexibility index (Phi) is 6.91. The minimum atomic E-state index is -2.31. The van der Waals surface area contributed by atoms with E-state index in [0.29, 0.717) is 16.6 Å². The van der Waals surface area contributed by atoms with Crippen molar-refractivity contribution in [3.63, 3.8) is 0 Å². The second-order valence-electron chi connectivity index (χ2n) is 9.31. The van der Waals surface area contributed by atoms with Crippen molar-refractivity contribution < 1.29 is 18.8 Å². The Morgan fingerprint density at radius 1 is 0.968 bits per heavy atom. The second kappa shape index (κ2) is 9.13. The molecule has 2 amide bonds. The van der Waals surface area contributed by atoms with Crippen molar-refractivity contribution in [2.75, 3.05) is 6.61 Å². The SMILES string of the molecule is CCOC(=O)N1C(=O)[C@H](O[Si](C(C)C)(C(C)C)C(C)C)[C@@H]1c1ccc2ccccc2c1. The summed E-state index contributed by atoms with van der Waals surface area (Å²) in [6.07, 6.45) is -1.26. The molecule has 0 aliphatic carbocycles. The van der Waals surface area contributed by atoms with Crippen molar-refractivity contribution in [3.05, 3.63) is 48.0 Å². The number of carbonyl (C=O) groups excluding carboxylic acids is 2. The molecule has 1 aliphatic rings. The molecule has 2 atom stereocenters. The lowest BCUT2D eigenvalue weighted by Crippen LogP contribution is -2.66. The third-order valence-electron chi connectivity index (χ3n) is 6.66. The van der Waals surface area contributed by atoms with Crippen LogP contribution in [0.1, 0.15) is 60.1 Å². The van der Waals surface area contributed by atoms with Gasteiger partial charge in [0.25, 0.3) is 5.91 Å². The highest BCUT2D eigenvalue weighted by atomic mass is 28.4. The number of carbonyl (C=O) groups is 2. The van der Waals surface area contributed by atoms with Crippen molar-refractivity contribution in [1.29, 1.82) is 0 Å². The van der Waals surface area contributed by atoms with Crippen LogP contribution in [0.25, 0.3) is 10.8 Å². The Labute approximate surface area is 186 Å². The molecule has 2 aromatic carbocycles. The summed E-state index contributed by atoms with van der Waals surface area (Å²) in [6.45, 7) is 15.2. The maximum absolute atomic E-state index is 13.2. The lowest BCUT2D eigenvalue weighted by atomic mass is 9.90. The summed E-state index contributed by atoms with van der Waals surface area (Å²) in [4.78, 5) is 27.1. The largest absolute Gasteiger partial charge is 0.449 e. The number of β-lactam (4-membered cyclic amide) rings is 1. The minimum Gasteiger partial charge on any atom is -0.449 e. The van der Waals surface area contributed by atoms with Crippen LogP contribution < -0.4 is 0 Å². The molecular weight excluding hydrogens is 406 g/mol. The first-order chi connectivity index (χ1) is 14.6. The Morgan fingerprint density at radius 2 is 1.55 bits per heavy atom. The van der Waals surface area contributed by atoms with Gasteiger partial charge in [0.2, 0.25) is 8.32 Å². The molecule has 31 heavy (non-hydrogen) atoms. The van der Waals surface area contributed by atoms with Gasteiger partial charge in [-0.3, -0.25) is 4.79 Å². The van der Waals surface area contributed by atoms with Gasteiger partial charge < -0.3 is 9.16 Å². The van der Waals surface area contributed by atoms with Crippen molar-refractivity contribution in [1.82, 2.24) is 4.90 Å². The number of amides is 2. The average molecular weight is 442 g/mol. The highest BCUT2D eigenvalue weighted by Crippen LogP contribution is 2.48. The van der Waals surface area contributed by atoms with Gasteiger partial charge in [-0.05, 0) is 45.9 Å². The fourth-order valence-corrected chi connectivity index (χ4v) is 10.8. The molecule has 6 heteroatoms. The number of ether oxygens (including phenoxy) is 1. The summed E-state index contributed by atoms with van der Waals surface area (Å²) in [5, 5.41) is 2.19. The zero-order valence-electron chi connectivity index (χ0n) is 19.7. The summed E-state index contributed by atoms with van der Waals surface area (Å²) in [5.41, 5.74) is 1.92. The molecule has 1 heterocycles. The molecule has 0 bridgehead atoms. The highest BCUT2D eigenvalue weighted by Gasteiger charge is 2.58. The molecule has 0 N–H and O–H groups in total. The predicted octanol–water partition coefficient (Wildman–Crippen LogP) is 6.44. The molecule has 0 spiro atoms. The van der Waals surface area contributed by atoms with Crippen LogP contribution in [-0.4, -0.2) is 37.9 Å². The molecule has 0 saturated carbocycles. The number of benzene rings is 2. The van der Waals surface area contributed by atoms with Crippen molar-refractivity contribution in [3.8, 4) is 0 Å². The van der Waals surface area contributed by atoms with Crippen LogP contribution in [0, 0.1) is 0 Å². The standard InChI is InChI=1S/C25H35NO4Si/c1-8-29-25(28)26-22(21-14-13-19-11-9-10-12-20(19)15-21)23(24(26)27)30-31(16(2)3,17(4)5)18(6)7/h9-18,22-23H,8H2,1-7H3/t22-,23+/m0/s1. The van der Waals surface area contributed by atoms with Crippen LogP contribution in [-0.2, 0) is 14.0 Å². The minimum absolute atomic E-state index is 0.223. The molecule has 2 aromatic rings. The van der Waals surface area contributed by atoms with Crippen LogP contribution >= 0.6 is 0 Å². The summed E-state index contributed by atoms with van der Waals surface area (Å²) >= 11 is 0. The van der Waals surface area contributed by atoms with E-state index in [9.17, 15) is 9.59 Å². The van der Waals surface area contributed by atoms with E-state index in [1.165, 1.54) is 4.90 Å². The third-order valence-corrected chi connectivity index (χ3v) is 12.7. The molecule has 0 radical (unpaired) electrons. The van der Waals surface area contributed by atoms with Crippen molar-refractivity contribution in [2.24, 2.45) is 0 Å². The Bertz CT molecular complexity index is 934. The smallest absolute Gasteiger partial charge is 0.417 e. The van der Waals surface area contributed by atoms with Gasteiger partial charge in [-0.15, -0.1) is 0 Å². The van der Waals surface area contributed by atoms with Crippen molar-refractivity contribution in [2.45, 2.75) is 77.2 Å². The second-order valence-corrected chi connectivity index (χ2v) is 14.7. The summed E-state index contributed by atoms with van der Waals surface area (Å²) in [7, 11) is -2.31. The van der Waals surface area contributed by atoms with Crippen LogP contribution in [0.5, 0.6) is 0 Å². The number of likely N-dealkylation sites (tertiary alicyclic amines) is 1. The molecule has 0 unspecified atom stereocenters. The van der Waals surface area contributed by atoms with Gasteiger partial charge in [0.1, 0.15) is 6.04 Å².